The minimum Gasteiger partial charge on any atom is -0.368 e. The van der Waals surface area contributed by atoms with Crippen LogP contribution in [0.5, 0.6) is 0 Å². The molecular formula is C20H27ClN6OS. The van der Waals surface area contributed by atoms with E-state index in [1.165, 1.54) is 37.4 Å². The van der Waals surface area contributed by atoms with Crippen molar-refractivity contribution in [2.24, 2.45) is 0 Å². The van der Waals surface area contributed by atoms with Crippen LogP contribution in [0.4, 0.5) is 17.6 Å². The average molecular weight is 435 g/mol. The minimum absolute atomic E-state index is 0.0726. The molecular weight excluding hydrogens is 408 g/mol. The van der Waals surface area contributed by atoms with Gasteiger partial charge in [0.2, 0.25) is 17.8 Å². The zero-order chi connectivity index (χ0) is 20.6. The first-order chi connectivity index (χ1) is 14.0. The lowest BCUT2D eigenvalue weighted by atomic mass is 10.1. The maximum Gasteiger partial charge on any atom is 0.233 e. The van der Waals surface area contributed by atoms with E-state index in [0.29, 0.717) is 28.6 Å². The molecule has 3 rings (SSSR count). The van der Waals surface area contributed by atoms with E-state index in [2.05, 4.69) is 25.6 Å². The van der Waals surface area contributed by atoms with Gasteiger partial charge >= 0.3 is 0 Å². The zero-order valence-electron chi connectivity index (χ0n) is 16.5. The van der Waals surface area contributed by atoms with Crippen LogP contribution in [-0.4, -0.2) is 32.2 Å². The van der Waals surface area contributed by atoms with Crippen LogP contribution in [0.3, 0.4) is 0 Å². The highest BCUT2D eigenvalue weighted by Crippen LogP contribution is 2.21. The molecule has 1 heterocycles. The lowest BCUT2D eigenvalue weighted by molar-refractivity contribution is -0.121. The Bertz CT molecular complexity index is 811. The summed E-state index contributed by atoms with van der Waals surface area (Å²) in [6.45, 7) is 1.91. The van der Waals surface area contributed by atoms with Gasteiger partial charge in [0.15, 0.2) is 0 Å². The molecule has 1 aromatic heterocycles. The van der Waals surface area contributed by atoms with E-state index >= 15 is 0 Å². The van der Waals surface area contributed by atoms with E-state index in [0.717, 1.165) is 18.5 Å². The molecule has 1 aliphatic rings. The Labute approximate surface area is 180 Å². The molecule has 1 fully saturated rings. The second-order valence-corrected chi connectivity index (χ2v) is 8.98. The molecule has 1 aromatic carbocycles. The highest BCUT2D eigenvalue weighted by molar-refractivity contribution is 7.99. The summed E-state index contributed by atoms with van der Waals surface area (Å²) in [6, 6.07) is 7.52. The van der Waals surface area contributed by atoms with Gasteiger partial charge in [-0.05, 0) is 44.0 Å². The van der Waals surface area contributed by atoms with Crippen molar-refractivity contribution in [3.8, 4) is 0 Å². The highest BCUT2D eigenvalue weighted by Gasteiger charge is 2.20. The number of rotatable bonds is 7. The Morgan fingerprint density at radius 2 is 1.86 bits per heavy atom. The van der Waals surface area contributed by atoms with Crippen molar-refractivity contribution in [1.82, 2.24) is 20.3 Å². The van der Waals surface area contributed by atoms with Crippen LogP contribution in [-0.2, 0) is 10.5 Å². The van der Waals surface area contributed by atoms with Crippen LogP contribution in [0, 0.1) is 0 Å². The number of hydrogen-bond donors (Lipinski definition) is 3. The monoisotopic (exact) mass is 434 g/mol. The first kappa shape index (κ1) is 21.6. The summed E-state index contributed by atoms with van der Waals surface area (Å²) in [4.78, 5) is 25.2. The van der Waals surface area contributed by atoms with Crippen molar-refractivity contribution >= 4 is 46.9 Å². The fourth-order valence-electron chi connectivity index (χ4n) is 3.24. The van der Waals surface area contributed by atoms with Gasteiger partial charge in [0.05, 0.1) is 11.0 Å². The quantitative estimate of drug-likeness (QED) is 0.557. The number of amides is 1. The first-order valence-corrected chi connectivity index (χ1v) is 11.4. The summed E-state index contributed by atoms with van der Waals surface area (Å²) < 4.78 is 0. The van der Waals surface area contributed by atoms with Gasteiger partial charge < -0.3 is 16.4 Å². The van der Waals surface area contributed by atoms with Gasteiger partial charge in [-0.1, -0.05) is 37.3 Å². The summed E-state index contributed by atoms with van der Waals surface area (Å²) in [5.41, 5.74) is 6.63. The third-order valence-corrected chi connectivity index (χ3v) is 6.22. The van der Waals surface area contributed by atoms with Crippen molar-refractivity contribution < 1.29 is 4.79 Å². The van der Waals surface area contributed by atoms with Gasteiger partial charge in [0.25, 0.3) is 0 Å². The first-order valence-electron chi connectivity index (χ1n) is 9.94. The van der Waals surface area contributed by atoms with Gasteiger partial charge in [-0.25, -0.2) is 0 Å². The van der Waals surface area contributed by atoms with E-state index in [4.69, 9.17) is 17.3 Å². The fourth-order valence-corrected chi connectivity index (χ4v) is 4.11. The number of nitrogen functional groups attached to an aromatic ring is 1. The zero-order valence-corrected chi connectivity index (χ0v) is 18.1. The number of nitrogens with one attached hydrogen (secondary N) is 2. The number of hydrogen-bond acceptors (Lipinski definition) is 7. The third kappa shape index (κ3) is 7.04. The number of nitrogens with zero attached hydrogens (tertiary/aromatic N) is 3. The molecule has 4 N–H and O–H groups in total. The van der Waals surface area contributed by atoms with Crippen molar-refractivity contribution in [3.63, 3.8) is 0 Å². The highest BCUT2D eigenvalue weighted by atomic mass is 35.5. The summed E-state index contributed by atoms with van der Waals surface area (Å²) >= 11 is 7.40. The van der Waals surface area contributed by atoms with Gasteiger partial charge in [-0.3, -0.25) is 4.79 Å². The molecule has 1 atom stereocenters. The minimum atomic E-state index is -0.191. The molecule has 9 heteroatoms. The summed E-state index contributed by atoms with van der Waals surface area (Å²) in [5, 5.41) is 6.75. The Balaban J connectivity index is 1.54. The SMILES string of the molecule is CC(SCc1nc(N)nc(Nc2ccc(Cl)cc2)n1)C(=O)NC1CCCCCC1. The van der Waals surface area contributed by atoms with Gasteiger partial charge in [-0.15, -0.1) is 11.8 Å². The maximum absolute atomic E-state index is 12.5. The molecule has 156 valence electrons. The molecule has 0 bridgehead atoms. The number of anilines is 3. The Morgan fingerprint density at radius 3 is 2.55 bits per heavy atom. The van der Waals surface area contributed by atoms with E-state index in [1.807, 2.05) is 19.1 Å². The number of halogens is 1. The number of benzene rings is 1. The third-order valence-electron chi connectivity index (χ3n) is 4.83. The van der Waals surface area contributed by atoms with E-state index in [1.54, 1.807) is 12.1 Å². The summed E-state index contributed by atoms with van der Waals surface area (Å²) in [5.74, 6) is 1.59. The Morgan fingerprint density at radius 1 is 1.17 bits per heavy atom. The second kappa shape index (κ2) is 10.6. The van der Waals surface area contributed by atoms with E-state index in [9.17, 15) is 4.79 Å². The summed E-state index contributed by atoms with van der Waals surface area (Å²) in [7, 11) is 0. The molecule has 2 aromatic rings. The molecule has 7 nitrogen and oxygen atoms in total. The lowest BCUT2D eigenvalue weighted by Gasteiger charge is -2.19. The van der Waals surface area contributed by atoms with Crippen LogP contribution >= 0.6 is 23.4 Å². The topological polar surface area (TPSA) is 106 Å². The molecule has 0 spiro atoms. The maximum atomic E-state index is 12.5. The molecule has 0 saturated heterocycles. The van der Waals surface area contributed by atoms with E-state index < -0.39 is 0 Å². The van der Waals surface area contributed by atoms with Crippen molar-refractivity contribution in [2.45, 2.75) is 62.5 Å². The fraction of sp³-hybridized carbons (Fsp3) is 0.500. The van der Waals surface area contributed by atoms with Crippen LogP contribution in [0.1, 0.15) is 51.3 Å². The molecule has 1 unspecified atom stereocenters. The number of nitrogens with two attached hydrogens (primary N) is 1. The number of carbonyl (C=O) groups excluding carboxylic acids is 1. The van der Waals surface area contributed by atoms with Crippen LogP contribution < -0.4 is 16.4 Å². The van der Waals surface area contributed by atoms with Crippen molar-refractivity contribution in [2.75, 3.05) is 11.1 Å². The van der Waals surface area contributed by atoms with Crippen molar-refractivity contribution in [1.29, 1.82) is 0 Å². The largest absolute Gasteiger partial charge is 0.368 e. The Kier molecular flexibility index (Phi) is 7.94. The van der Waals surface area contributed by atoms with Crippen LogP contribution in [0.2, 0.25) is 5.02 Å². The van der Waals surface area contributed by atoms with Crippen LogP contribution in [0.25, 0.3) is 0 Å². The molecule has 1 aliphatic carbocycles. The molecule has 1 saturated carbocycles. The number of thioether (sulfide) groups is 1. The number of carbonyl (C=O) groups is 1. The molecule has 29 heavy (non-hydrogen) atoms. The average Bonchev–Trinajstić information content (AvgIpc) is 2.96. The van der Waals surface area contributed by atoms with Gasteiger partial charge in [0.1, 0.15) is 5.82 Å². The predicted octanol–water partition coefficient (Wildman–Crippen LogP) is 4.31. The number of aromatic nitrogens is 3. The van der Waals surface area contributed by atoms with Crippen molar-refractivity contribution in [3.05, 3.63) is 35.1 Å². The van der Waals surface area contributed by atoms with Gasteiger partial charge in [-0.2, -0.15) is 15.0 Å². The smallest absolute Gasteiger partial charge is 0.233 e. The standard InChI is InChI=1S/C20H27ClN6OS/c1-13(18(28)23-15-6-4-2-3-5-7-15)29-12-17-25-19(22)27-20(26-17)24-16-10-8-14(21)9-11-16/h8-11,13,15H,2-7,12H2,1H3,(H,23,28)(H3,22,24,25,26,27). The summed E-state index contributed by atoms with van der Waals surface area (Å²) in [6.07, 6.45) is 7.08. The van der Waals surface area contributed by atoms with Gasteiger partial charge in [0, 0.05) is 16.8 Å². The van der Waals surface area contributed by atoms with Crippen LogP contribution in [0.15, 0.2) is 24.3 Å². The molecule has 1 amide bonds. The lowest BCUT2D eigenvalue weighted by Crippen LogP contribution is -2.39. The predicted molar refractivity (Wildman–Crippen MR) is 119 cm³/mol. The second-order valence-electron chi connectivity index (χ2n) is 7.22. The molecule has 0 radical (unpaired) electrons. The normalized spacial score (nSPS) is 16.1. The Hall–Kier alpha value is -2.06. The van der Waals surface area contributed by atoms with E-state index in [-0.39, 0.29) is 17.1 Å². The molecule has 0 aliphatic heterocycles.